The van der Waals surface area contributed by atoms with Crippen LogP contribution in [0.25, 0.3) is 0 Å². The van der Waals surface area contributed by atoms with Crippen molar-refractivity contribution in [3.8, 4) is 23.8 Å². The Morgan fingerprint density at radius 1 is 1.15 bits per heavy atom. The van der Waals surface area contributed by atoms with Gasteiger partial charge in [-0.25, -0.2) is 5.43 Å². The first-order valence-electron chi connectivity index (χ1n) is 10.3. The van der Waals surface area contributed by atoms with Gasteiger partial charge in [0.15, 0.2) is 11.5 Å². The summed E-state index contributed by atoms with van der Waals surface area (Å²) in [7, 11) is 0. The summed E-state index contributed by atoms with van der Waals surface area (Å²) in [6.07, 6.45) is 6.63. The average molecular weight is 525 g/mol. The molecule has 1 unspecified atom stereocenters. The van der Waals surface area contributed by atoms with Crippen LogP contribution in [0.4, 0.5) is 0 Å². The highest BCUT2D eigenvalue weighted by atomic mass is 35.5. The Bertz CT molecular complexity index is 1110. The fourth-order valence-corrected chi connectivity index (χ4v) is 3.61. The number of hydrogen-bond acceptors (Lipinski definition) is 5. The number of benzene rings is 2. The maximum atomic E-state index is 12.7. The lowest BCUT2D eigenvalue weighted by Gasteiger charge is -2.20. The van der Waals surface area contributed by atoms with Crippen molar-refractivity contribution in [2.75, 3.05) is 13.2 Å². The molecule has 0 heterocycles. The molecule has 0 fully saturated rings. The number of carbonyl (C=O) groups is 2. The molecule has 0 radical (unpaired) electrons. The van der Waals surface area contributed by atoms with Gasteiger partial charge in [0.2, 0.25) is 0 Å². The third kappa shape index (κ3) is 7.56. The second kappa shape index (κ2) is 13.1. The molecule has 2 N–H and O–H groups in total. The van der Waals surface area contributed by atoms with Gasteiger partial charge in [-0.05, 0) is 48.7 Å². The maximum absolute atomic E-state index is 12.7. The fraction of sp³-hybridized carbons (Fsp3) is 0.292. The van der Waals surface area contributed by atoms with Crippen LogP contribution in [-0.4, -0.2) is 37.3 Å². The van der Waals surface area contributed by atoms with Crippen LogP contribution in [0, 0.1) is 18.3 Å². The smallest absolute Gasteiger partial charge is 0.262 e. The van der Waals surface area contributed by atoms with Crippen LogP contribution in [0.2, 0.25) is 15.1 Å². The van der Waals surface area contributed by atoms with Gasteiger partial charge in [-0.2, -0.15) is 5.10 Å². The minimum atomic E-state index is -0.862. The Morgan fingerprint density at radius 2 is 1.88 bits per heavy atom. The summed E-state index contributed by atoms with van der Waals surface area (Å²) in [5, 5.41) is 7.52. The normalized spacial score (nSPS) is 11.7. The summed E-state index contributed by atoms with van der Waals surface area (Å²) in [5.74, 6) is 1.85. The molecule has 0 spiro atoms. The summed E-state index contributed by atoms with van der Waals surface area (Å²) >= 11 is 18.3. The number of carbonyl (C=O) groups excluding carboxylic acids is 2. The number of halogens is 3. The largest absolute Gasteiger partial charge is 0.490 e. The zero-order valence-electron chi connectivity index (χ0n) is 18.8. The topological polar surface area (TPSA) is 89.0 Å². The summed E-state index contributed by atoms with van der Waals surface area (Å²) in [6.45, 7) is 5.82. The van der Waals surface area contributed by atoms with Crippen molar-refractivity contribution in [1.29, 1.82) is 0 Å². The summed E-state index contributed by atoms with van der Waals surface area (Å²) in [5.41, 5.74) is 3.20. The summed E-state index contributed by atoms with van der Waals surface area (Å²) in [4.78, 5) is 25.3. The average Bonchev–Trinajstić information content (AvgIpc) is 2.76. The number of nitrogens with zero attached hydrogens (tertiary/aromatic N) is 1. The molecule has 2 rings (SSSR count). The number of terminal acetylenes is 1. The molecule has 0 aliphatic heterocycles. The molecule has 0 bridgehead atoms. The van der Waals surface area contributed by atoms with E-state index in [1.54, 1.807) is 32.0 Å². The molecule has 2 amide bonds. The molecule has 34 heavy (non-hydrogen) atoms. The van der Waals surface area contributed by atoms with Crippen molar-refractivity contribution in [3.63, 3.8) is 0 Å². The number of rotatable bonds is 10. The number of hydrazone groups is 1. The van der Waals surface area contributed by atoms with Gasteiger partial charge < -0.3 is 14.8 Å². The number of ether oxygens (including phenoxy) is 2. The van der Waals surface area contributed by atoms with Gasteiger partial charge in [0, 0.05) is 5.02 Å². The minimum Gasteiger partial charge on any atom is -0.490 e. The highest BCUT2D eigenvalue weighted by molar-refractivity contribution is 6.36. The molecule has 0 saturated carbocycles. The highest BCUT2D eigenvalue weighted by Crippen LogP contribution is 2.36. The predicted molar refractivity (Wildman–Crippen MR) is 135 cm³/mol. The number of hydrogen-bond donors (Lipinski definition) is 2. The van der Waals surface area contributed by atoms with E-state index in [9.17, 15) is 9.59 Å². The molecule has 0 aromatic heterocycles. The number of amides is 2. The van der Waals surface area contributed by atoms with Crippen molar-refractivity contribution >= 4 is 52.8 Å². The summed E-state index contributed by atoms with van der Waals surface area (Å²) in [6, 6.07) is 6.87. The molecule has 180 valence electrons. The molecule has 7 nitrogen and oxygen atoms in total. The van der Waals surface area contributed by atoms with E-state index < -0.39 is 17.9 Å². The van der Waals surface area contributed by atoms with Gasteiger partial charge in [0.05, 0.1) is 28.4 Å². The monoisotopic (exact) mass is 523 g/mol. The molecule has 2 aromatic rings. The van der Waals surface area contributed by atoms with E-state index in [2.05, 4.69) is 21.8 Å². The second-order valence-electron chi connectivity index (χ2n) is 7.31. The van der Waals surface area contributed by atoms with Gasteiger partial charge in [-0.3, -0.25) is 9.59 Å². The van der Waals surface area contributed by atoms with Crippen molar-refractivity contribution < 1.29 is 19.1 Å². The first-order valence-corrected chi connectivity index (χ1v) is 11.4. The highest BCUT2D eigenvalue weighted by Gasteiger charge is 2.25. The Balaban J connectivity index is 2.13. The van der Waals surface area contributed by atoms with Gasteiger partial charge in [-0.15, -0.1) is 6.42 Å². The van der Waals surface area contributed by atoms with E-state index >= 15 is 0 Å². The second-order valence-corrected chi connectivity index (χ2v) is 8.56. The maximum Gasteiger partial charge on any atom is 0.262 e. The van der Waals surface area contributed by atoms with Crippen LogP contribution >= 0.6 is 34.8 Å². The van der Waals surface area contributed by atoms with Gasteiger partial charge in [0.1, 0.15) is 12.6 Å². The molecule has 0 saturated heterocycles. The van der Waals surface area contributed by atoms with Crippen LogP contribution in [0.5, 0.6) is 11.5 Å². The molecule has 0 aliphatic carbocycles. The molecular formula is C24H24Cl3N3O4. The molecular weight excluding hydrogens is 501 g/mol. The zero-order chi connectivity index (χ0) is 25.3. The SMILES string of the molecule is C#CCOc1c(Cl)cc(/C=N/NC(=O)C(NC(=O)c2ccc(Cl)cc2Cl)C(C)C)cc1OCC. The molecule has 10 heteroatoms. The minimum absolute atomic E-state index is 0.0346. The third-order valence-electron chi connectivity index (χ3n) is 4.43. The lowest BCUT2D eigenvalue weighted by Crippen LogP contribution is -2.48. The van der Waals surface area contributed by atoms with E-state index in [4.69, 9.17) is 50.7 Å². The van der Waals surface area contributed by atoms with E-state index in [0.29, 0.717) is 28.7 Å². The van der Waals surface area contributed by atoms with E-state index in [1.807, 2.05) is 6.92 Å². The van der Waals surface area contributed by atoms with E-state index in [-0.39, 0.29) is 28.1 Å². The zero-order valence-corrected chi connectivity index (χ0v) is 21.1. The first kappa shape index (κ1) is 27.3. The quantitative estimate of drug-likeness (QED) is 0.261. The van der Waals surface area contributed by atoms with Crippen LogP contribution < -0.4 is 20.2 Å². The summed E-state index contributed by atoms with van der Waals surface area (Å²) < 4.78 is 11.0. The van der Waals surface area contributed by atoms with Gasteiger partial charge >= 0.3 is 0 Å². The van der Waals surface area contributed by atoms with Gasteiger partial charge in [0.25, 0.3) is 11.8 Å². The van der Waals surface area contributed by atoms with Gasteiger partial charge in [-0.1, -0.05) is 54.6 Å². The van der Waals surface area contributed by atoms with Crippen LogP contribution in [0.15, 0.2) is 35.4 Å². The molecule has 2 aromatic carbocycles. The third-order valence-corrected chi connectivity index (χ3v) is 5.26. The van der Waals surface area contributed by atoms with Crippen LogP contribution in [0.1, 0.15) is 36.7 Å². The fourth-order valence-electron chi connectivity index (χ4n) is 2.85. The Kier molecular flexibility index (Phi) is 10.5. The van der Waals surface area contributed by atoms with Crippen LogP contribution in [0.3, 0.4) is 0 Å². The van der Waals surface area contributed by atoms with Crippen molar-refractivity contribution in [2.45, 2.75) is 26.8 Å². The molecule has 1 atom stereocenters. The molecule has 0 aliphatic rings. The van der Waals surface area contributed by atoms with Crippen molar-refractivity contribution in [1.82, 2.24) is 10.7 Å². The van der Waals surface area contributed by atoms with E-state index in [1.165, 1.54) is 18.3 Å². The van der Waals surface area contributed by atoms with Crippen molar-refractivity contribution in [3.05, 3.63) is 56.5 Å². The first-order chi connectivity index (χ1) is 16.2. The lowest BCUT2D eigenvalue weighted by molar-refractivity contribution is -0.123. The Hall–Kier alpha value is -2.92. The van der Waals surface area contributed by atoms with Crippen molar-refractivity contribution in [2.24, 2.45) is 11.0 Å². The van der Waals surface area contributed by atoms with Crippen LogP contribution in [-0.2, 0) is 4.79 Å². The van der Waals surface area contributed by atoms with E-state index in [0.717, 1.165) is 0 Å². The Morgan fingerprint density at radius 3 is 2.50 bits per heavy atom. The Labute approximate surface area is 213 Å². The predicted octanol–water partition coefficient (Wildman–Crippen LogP) is 4.96. The number of nitrogens with one attached hydrogen (secondary N) is 2. The lowest BCUT2D eigenvalue weighted by atomic mass is 10.0. The standard InChI is InChI=1S/C24H24Cl3N3O4/c1-5-9-34-22-19(27)10-15(11-20(22)33-6-2)13-28-30-24(32)21(14(3)4)29-23(31)17-8-7-16(25)12-18(17)26/h1,7-8,10-14,21H,6,9H2,2-4H3,(H,29,31)(H,30,32)/b28-13+.